The molecule has 1 atom stereocenters. The predicted octanol–water partition coefficient (Wildman–Crippen LogP) is 6.02. The zero-order chi connectivity index (χ0) is 26.3. The number of hydrogen-bond donors (Lipinski definition) is 0. The fourth-order valence-corrected chi connectivity index (χ4v) is 4.75. The molecular weight excluding hydrogens is 543 g/mol. The molecule has 37 heavy (non-hydrogen) atoms. The first-order valence-electron chi connectivity index (χ1n) is 11.9. The van der Waals surface area contributed by atoms with Gasteiger partial charge in [-0.15, -0.1) is 0 Å². The third-order valence-electron chi connectivity index (χ3n) is 6.62. The van der Waals surface area contributed by atoms with Crippen molar-refractivity contribution in [1.29, 1.82) is 0 Å². The summed E-state index contributed by atoms with van der Waals surface area (Å²) in [4.78, 5) is 14.7. The summed E-state index contributed by atoms with van der Waals surface area (Å²) in [6.45, 7) is 4.89. The molecular formula is C26H26BrFN6O3. The van der Waals surface area contributed by atoms with Crippen molar-refractivity contribution >= 4 is 21.7 Å². The molecule has 0 bridgehead atoms. The van der Waals surface area contributed by atoms with Gasteiger partial charge in [-0.3, -0.25) is 9.36 Å². The quantitative estimate of drug-likeness (QED) is 0.181. The normalized spacial score (nSPS) is 14.9. The summed E-state index contributed by atoms with van der Waals surface area (Å²) in [5.74, 6) is -0.868. The van der Waals surface area contributed by atoms with Crippen LogP contribution in [0.15, 0.2) is 53.5 Å². The highest BCUT2D eigenvalue weighted by molar-refractivity contribution is 9.10. The van der Waals surface area contributed by atoms with Gasteiger partial charge < -0.3 is 14.9 Å². The van der Waals surface area contributed by atoms with Crippen LogP contribution in [0.3, 0.4) is 0 Å². The Kier molecular flexibility index (Phi) is 6.57. The zero-order valence-corrected chi connectivity index (χ0v) is 22.3. The van der Waals surface area contributed by atoms with E-state index in [1.54, 1.807) is 17.7 Å². The lowest BCUT2D eigenvalue weighted by atomic mass is 9.96. The van der Waals surface area contributed by atoms with Gasteiger partial charge in [-0.1, -0.05) is 6.92 Å². The highest BCUT2D eigenvalue weighted by atomic mass is 79.9. The largest absolute Gasteiger partial charge is 0.478 e. The first-order chi connectivity index (χ1) is 17.6. The summed E-state index contributed by atoms with van der Waals surface area (Å²) in [5.41, 5.74) is 4.26. The molecule has 4 aromatic rings. The summed E-state index contributed by atoms with van der Waals surface area (Å²) in [6, 6.07) is 5.90. The highest BCUT2D eigenvalue weighted by Gasteiger charge is 2.37. The zero-order valence-electron chi connectivity index (χ0n) is 20.7. The summed E-state index contributed by atoms with van der Waals surface area (Å²) in [5, 5.41) is 20.7. The fourth-order valence-electron chi connectivity index (χ4n) is 4.44. The molecule has 0 amide bonds. The molecule has 9 nitrogen and oxygen atoms in total. The smallest absolute Gasteiger partial charge is 0.406 e. The Bertz CT molecular complexity index is 1480. The molecule has 0 spiro atoms. The van der Waals surface area contributed by atoms with Gasteiger partial charge in [-0.2, -0.15) is 10.2 Å². The van der Waals surface area contributed by atoms with Crippen molar-refractivity contribution in [3.05, 3.63) is 86.1 Å². The molecule has 192 valence electrons. The molecule has 1 aliphatic rings. The summed E-state index contributed by atoms with van der Waals surface area (Å²) in [6.07, 6.45) is 9.54. The summed E-state index contributed by atoms with van der Waals surface area (Å²) in [7, 11) is 1.84. The Morgan fingerprint density at radius 2 is 2.05 bits per heavy atom. The average molecular weight is 569 g/mol. The van der Waals surface area contributed by atoms with Crippen molar-refractivity contribution in [2.45, 2.75) is 45.8 Å². The number of halogens is 2. The van der Waals surface area contributed by atoms with Crippen LogP contribution in [-0.2, 0) is 20.0 Å². The Labute approximate surface area is 221 Å². The van der Waals surface area contributed by atoms with Crippen LogP contribution in [0.1, 0.15) is 49.5 Å². The SMILES string of the molecule is CC(Oc1cc(Br)cnc1[N+](=O)[O-])c1cc(F)ccc1-c1nn(C)cc1Cc1cnn(CC2(C)CC2)c1. The molecule has 1 saturated carbocycles. The number of nitrogens with zero attached hydrogens (tertiary/aromatic N) is 6. The molecule has 5 rings (SSSR count). The van der Waals surface area contributed by atoms with Crippen LogP contribution in [0.25, 0.3) is 11.3 Å². The molecule has 0 saturated heterocycles. The number of ether oxygens (including phenoxy) is 1. The molecule has 1 aliphatic carbocycles. The van der Waals surface area contributed by atoms with E-state index in [0.29, 0.717) is 33.1 Å². The predicted molar refractivity (Wildman–Crippen MR) is 139 cm³/mol. The first-order valence-corrected chi connectivity index (χ1v) is 12.7. The number of aryl methyl sites for hydroxylation is 1. The number of aromatic nitrogens is 5. The summed E-state index contributed by atoms with van der Waals surface area (Å²) >= 11 is 3.27. The van der Waals surface area contributed by atoms with E-state index in [-0.39, 0.29) is 5.75 Å². The van der Waals surface area contributed by atoms with Gasteiger partial charge in [0.15, 0.2) is 6.20 Å². The van der Waals surface area contributed by atoms with E-state index >= 15 is 0 Å². The van der Waals surface area contributed by atoms with E-state index in [2.05, 4.69) is 44.2 Å². The molecule has 0 aliphatic heterocycles. The van der Waals surface area contributed by atoms with Gasteiger partial charge in [0.2, 0.25) is 5.75 Å². The molecule has 1 unspecified atom stereocenters. The van der Waals surface area contributed by atoms with Crippen LogP contribution in [0.5, 0.6) is 5.75 Å². The molecule has 1 fully saturated rings. The van der Waals surface area contributed by atoms with Crippen molar-refractivity contribution in [1.82, 2.24) is 24.5 Å². The van der Waals surface area contributed by atoms with Gasteiger partial charge in [0.25, 0.3) is 0 Å². The topological polar surface area (TPSA) is 101 Å². The fraction of sp³-hybridized carbons (Fsp3) is 0.346. The van der Waals surface area contributed by atoms with E-state index in [1.807, 2.05) is 24.1 Å². The minimum atomic E-state index is -0.725. The third kappa shape index (κ3) is 5.56. The number of pyridine rings is 1. The van der Waals surface area contributed by atoms with Gasteiger partial charge in [-0.05, 0) is 74.8 Å². The maximum atomic E-state index is 14.4. The third-order valence-corrected chi connectivity index (χ3v) is 7.05. The molecule has 1 aromatic carbocycles. The van der Waals surface area contributed by atoms with Crippen molar-refractivity contribution in [3.8, 4) is 17.0 Å². The van der Waals surface area contributed by atoms with Crippen molar-refractivity contribution < 1.29 is 14.1 Å². The molecule has 3 heterocycles. The van der Waals surface area contributed by atoms with Crippen LogP contribution in [-0.4, -0.2) is 29.5 Å². The van der Waals surface area contributed by atoms with Crippen LogP contribution >= 0.6 is 15.9 Å². The number of benzene rings is 1. The second-order valence-electron chi connectivity index (χ2n) is 9.93. The standard InChI is InChI=1S/C26H26BrFN6O3/c1-16(37-23-9-19(27)12-29-25(23)34(35)36)22-10-20(28)4-5-21(22)24-18(14-32(3)31-24)8-17-11-30-33(13-17)15-26(2)6-7-26/h4-5,9-14,16H,6-8,15H2,1-3H3. The second kappa shape index (κ2) is 9.70. The van der Waals surface area contributed by atoms with Crippen LogP contribution < -0.4 is 4.74 Å². The Hall–Kier alpha value is -3.60. The van der Waals surface area contributed by atoms with Gasteiger partial charge in [-0.25, -0.2) is 4.39 Å². The summed E-state index contributed by atoms with van der Waals surface area (Å²) < 4.78 is 24.6. The average Bonchev–Trinajstić information content (AvgIpc) is 3.21. The molecule has 0 radical (unpaired) electrons. The minimum Gasteiger partial charge on any atom is -0.478 e. The Morgan fingerprint density at radius 3 is 2.78 bits per heavy atom. The van der Waals surface area contributed by atoms with E-state index in [1.165, 1.54) is 37.2 Å². The van der Waals surface area contributed by atoms with Gasteiger partial charge in [0.1, 0.15) is 11.9 Å². The molecule has 3 aromatic heterocycles. The Morgan fingerprint density at radius 1 is 1.27 bits per heavy atom. The van der Waals surface area contributed by atoms with Gasteiger partial charge in [0.05, 0.1) is 16.4 Å². The maximum absolute atomic E-state index is 14.4. The van der Waals surface area contributed by atoms with E-state index in [9.17, 15) is 14.5 Å². The van der Waals surface area contributed by atoms with Crippen molar-refractivity contribution in [2.24, 2.45) is 12.5 Å². The van der Waals surface area contributed by atoms with Gasteiger partial charge >= 0.3 is 5.82 Å². The molecule has 0 N–H and O–H groups in total. The van der Waals surface area contributed by atoms with E-state index in [0.717, 1.165) is 17.7 Å². The first kappa shape index (κ1) is 25.1. The number of rotatable bonds is 9. The Balaban J connectivity index is 1.46. The maximum Gasteiger partial charge on any atom is 0.406 e. The lowest BCUT2D eigenvalue weighted by molar-refractivity contribution is -0.390. The number of hydrogen-bond acceptors (Lipinski definition) is 6. The minimum absolute atomic E-state index is 0.0138. The monoisotopic (exact) mass is 568 g/mol. The van der Waals surface area contributed by atoms with Crippen molar-refractivity contribution in [2.75, 3.05) is 0 Å². The van der Waals surface area contributed by atoms with Crippen LogP contribution in [0, 0.1) is 21.3 Å². The second-order valence-corrected chi connectivity index (χ2v) is 10.8. The number of nitro groups is 1. The van der Waals surface area contributed by atoms with Crippen LogP contribution in [0.2, 0.25) is 0 Å². The van der Waals surface area contributed by atoms with E-state index in [4.69, 9.17) is 4.74 Å². The van der Waals surface area contributed by atoms with Gasteiger partial charge in [0, 0.05) is 55.2 Å². The highest BCUT2D eigenvalue weighted by Crippen LogP contribution is 2.46. The molecule has 11 heteroatoms. The lowest BCUT2D eigenvalue weighted by Crippen LogP contribution is -2.08. The van der Waals surface area contributed by atoms with Crippen LogP contribution in [0.4, 0.5) is 10.2 Å². The van der Waals surface area contributed by atoms with Crippen molar-refractivity contribution in [3.63, 3.8) is 0 Å². The lowest BCUT2D eigenvalue weighted by Gasteiger charge is -2.18. The van der Waals surface area contributed by atoms with E-state index < -0.39 is 22.7 Å².